The molecule has 0 saturated heterocycles. The van der Waals surface area contributed by atoms with Crippen molar-refractivity contribution in [2.45, 2.75) is 13.3 Å². The molecule has 7 nitrogen and oxygen atoms in total. The van der Waals surface area contributed by atoms with E-state index < -0.39 is 12.6 Å². The average Bonchev–Trinajstić information content (AvgIpc) is 2.58. The van der Waals surface area contributed by atoms with Crippen LogP contribution in [0.15, 0.2) is 16.6 Å². The van der Waals surface area contributed by atoms with Gasteiger partial charge in [-0.3, -0.25) is 4.79 Å². The molecule has 1 amide bonds. The number of hydrogen-bond donors (Lipinski definition) is 0. The van der Waals surface area contributed by atoms with Crippen LogP contribution in [0.2, 0.25) is 0 Å². The first-order valence-corrected chi connectivity index (χ1v) is 8.02. The number of hydrogen-bond acceptors (Lipinski definition) is 6. The molecular weight excluding hydrogens is 380 g/mol. The van der Waals surface area contributed by atoms with Gasteiger partial charge < -0.3 is 19.1 Å². The number of esters is 1. The van der Waals surface area contributed by atoms with E-state index in [4.69, 9.17) is 19.5 Å². The van der Waals surface area contributed by atoms with Crippen molar-refractivity contribution in [1.82, 2.24) is 4.90 Å². The Balaban J connectivity index is 2.76. The van der Waals surface area contributed by atoms with E-state index in [1.54, 1.807) is 13.1 Å². The summed E-state index contributed by atoms with van der Waals surface area (Å²) < 4.78 is 16.2. The van der Waals surface area contributed by atoms with Crippen LogP contribution in [0.3, 0.4) is 0 Å². The van der Waals surface area contributed by atoms with Crippen molar-refractivity contribution in [2.24, 2.45) is 0 Å². The fourth-order valence-corrected chi connectivity index (χ4v) is 2.34. The van der Waals surface area contributed by atoms with E-state index in [9.17, 15) is 9.59 Å². The average molecular weight is 399 g/mol. The van der Waals surface area contributed by atoms with Gasteiger partial charge in [0.1, 0.15) is 0 Å². The summed E-state index contributed by atoms with van der Waals surface area (Å²) in [6.45, 7) is 2.17. The van der Waals surface area contributed by atoms with Gasteiger partial charge in [-0.1, -0.05) is 0 Å². The molecule has 0 N–H and O–H groups in total. The number of methoxy groups -OCH3 is 1. The lowest BCUT2D eigenvalue weighted by Crippen LogP contribution is -2.31. The van der Waals surface area contributed by atoms with Crippen LogP contribution in [0.5, 0.6) is 11.5 Å². The van der Waals surface area contributed by atoms with E-state index in [0.717, 1.165) is 0 Å². The van der Waals surface area contributed by atoms with Crippen molar-refractivity contribution in [3.8, 4) is 17.6 Å². The molecule has 0 saturated carbocycles. The third kappa shape index (κ3) is 5.42. The van der Waals surface area contributed by atoms with E-state index in [1.807, 2.05) is 13.0 Å². The largest absolute Gasteiger partial charge is 0.493 e. The van der Waals surface area contributed by atoms with Crippen molar-refractivity contribution < 1.29 is 23.8 Å². The minimum Gasteiger partial charge on any atom is -0.493 e. The molecule has 0 atom stereocenters. The van der Waals surface area contributed by atoms with Crippen LogP contribution in [-0.2, 0) is 9.53 Å². The first-order valence-electron chi connectivity index (χ1n) is 7.22. The van der Waals surface area contributed by atoms with Crippen LogP contribution in [-0.4, -0.2) is 50.7 Å². The molecule has 0 unspecified atom stereocenters. The van der Waals surface area contributed by atoms with Gasteiger partial charge in [0.15, 0.2) is 18.1 Å². The predicted octanol–water partition coefficient (Wildman–Crippen LogP) is 2.39. The summed E-state index contributed by atoms with van der Waals surface area (Å²) in [4.78, 5) is 25.3. The Hall–Kier alpha value is -2.27. The predicted molar refractivity (Wildman–Crippen MR) is 90.0 cm³/mol. The Labute approximate surface area is 149 Å². The second-order valence-electron chi connectivity index (χ2n) is 4.72. The summed E-state index contributed by atoms with van der Waals surface area (Å²) in [6, 6.07) is 4.98. The third-order valence-electron chi connectivity index (χ3n) is 3.07. The summed E-state index contributed by atoms with van der Waals surface area (Å²) in [5.74, 6) is -0.158. The van der Waals surface area contributed by atoms with E-state index >= 15 is 0 Å². The zero-order valence-corrected chi connectivity index (χ0v) is 15.4. The first-order chi connectivity index (χ1) is 11.4. The van der Waals surface area contributed by atoms with Crippen molar-refractivity contribution in [2.75, 3.05) is 33.9 Å². The fourth-order valence-electron chi connectivity index (χ4n) is 1.79. The number of nitrogens with zero attached hydrogens (tertiary/aromatic N) is 2. The van der Waals surface area contributed by atoms with Gasteiger partial charge in [-0.05, 0) is 35.0 Å². The number of halogens is 1. The first kappa shape index (κ1) is 19.8. The number of rotatable bonds is 8. The number of benzene rings is 1. The van der Waals surface area contributed by atoms with Gasteiger partial charge in [-0.15, -0.1) is 0 Å². The molecule has 130 valence electrons. The number of carbonyl (C=O) groups is 2. The smallest absolute Gasteiger partial charge is 0.338 e. The number of ether oxygens (including phenoxy) is 3. The maximum Gasteiger partial charge on any atom is 0.338 e. The second-order valence-corrected chi connectivity index (χ2v) is 5.58. The molecule has 24 heavy (non-hydrogen) atoms. The minimum absolute atomic E-state index is 0.221. The van der Waals surface area contributed by atoms with Gasteiger partial charge >= 0.3 is 5.97 Å². The van der Waals surface area contributed by atoms with Crippen LogP contribution in [0.4, 0.5) is 0 Å². The molecule has 8 heteroatoms. The van der Waals surface area contributed by atoms with Crippen LogP contribution in [0.1, 0.15) is 23.7 Å². The number of amides is 1. The van der Waals surface area contributed by atoms with Crippen molar-refractivity contribution in [3.63, 3.8) is 0 Å². The SMILES string of the molecule is CCOc1c(Br)cc(C(=O)OCC(=O)N(C)CCC#N)cc1OC. The lowest BCUT2D eigenvalue weighted by Gasteiger charge is -2.16. The second kappa shape index (κ2) is 9.78. The summed E-state index contributed by atoms with van der Waals surface area (Å²) in [5.41, 5.74) is 0.231. The van der Waals surface area contributed by atoms with Crippen molar-refractivity contribution >= 4 is 27.8 Å². The maximum atomic E-state index is 12.1. The third-order valence-corrected chi connectivity index (χ3v) is 3.65. The van der Waals surface area contributed by atoms with Gasteiger partial charge in [0.2, 0.25) is 0 Å². The zero-order valence-electron chi connectivity index (χ0n) is 13.8. The van der Waals surface area contributed by atoms with Crippen molar-refractivity contribution in [1.29, 1.82) is 5.26 Å². The number of nitriles is 1. The topological polar surface area (TPSA) is 88.9 Å². The summed E-state index contributed by atoms with van der Waals surface area (Å²) in [6.07, 6.45) is 0.221. The Morgan fingerprint density at radius 3 is 2.67 bits per heavy atom. The molecule has 0 aliphatic carbocycles. The van der Waals surface area contributed by atoms with E-state index in [-0.39, 0.29) is 24.4 Å². The van der Waals surface area contributed by atoms with Gasteiger partial charge in [-0.25, -0.2) is 4.79 Å². The lowest BCUT2D eigenvalue weighted by atomic mass is 10.2. The molecule has 0 bridgehead atoms. The van der Waals surface area contributed by atoms with Gasteiger partial charge in [0, 0.05) is 13.6 Å². The molecule has 0 radical (unpaired) electrons. The highest BCUT2D eigenvalue weighted by atomic mass is 79.9. The molecule has 0 spiro atoms. The maximum absolute atomic E-state index is 12.1. The number of carbonyl (C=O) groups excluding carboxylic acids is 2. The van der Waals surface area contributed by atoms with Crippen LogP contribution < -0.4 is 9.47 Å². The molecule has 0 aliphatic rings. The zero-order chi connectivity index (χ0) is 18.1. The molecule has 0 aromatic heterocycles. The Kier molecular flexibility index (Phi) is 8.06. The molecule has 0 fully saturated rings. The van der Waals surface area contributed by atoms with Crippen LogP contribution in [0, 0.1) is 11.3 Å². The molecular formula is C16H19BrN2O5. The van der Waals surface area contributed by atoms with Gasteiger partial charge in [0.25, 0.3) is 5.91 Å². The highest BCUT2D eigenvalue weighted by molar-refractivity contribution is 9.10. The quantitative estimate of drug-likeness (QED) is 0.624. The van der Waals surface area contributed by atoms with Crippen LogP contribution >= 0.6 is 15.9 Å². The normalized spacial score (nSPS) is 9.79. The minimum atomic E-state index is -0.654. The van der Waals surface area contributed by atoms with E-state index in [2.05, 4.69) is 15.9 Å². The number of likely N-dealkylation sites (N-methyl/N-ethyl adjacent to an activating group) is 1. The van der Waals surface area contributed by atoms with Gasteiger partial charge in [-0.2, -0.15) is 5.26 Å². The standard InChI is InChI=1S/C16H19BrN2O5/c1-4-23-15-12(17)8-11(9-13(15)22-3)16(21)24-10-14(20)19(2)7-5-6-18/h8-9H,4-5,7,10H2,1-3H3. The highest BCUT2D eigenvalue weighted by Crippen LogP contribution is 2.36. The molecule has 1 rings (SSSR count). The molecule has 1 aromatic rings. The van der Waals surface area contributed by atoms with E-state index in [1.165, 1.54) is 18.1 Å². The molecule has 0 aliphatic heterocycles. The monoisotopic (exact) mass is 398 g/mol. The summed E-state index contributed by atoms with van der Waals surface area (Å²) >= 11 is 3.32. The van der Waals surface area contributed by atoms with Gasteiger partial charge in [0.05, 0.1) is 36.2 Å². The fraction of sp³-hybridized carbons (Fsp3) is 0.438. The summed E-state index contributed by atoms with van der Waals surface area (Å²) in [7, 11) is 3.01. The Morgan fingerprint density at radius 2 is 2.08 bits per heavy atom. The Morgan fingerprint density at radius 1 is 1.38 bits per heavy atom. The van der Waals surface area contributed by atoms with Crippen LogP contribution in [0.25, 0.3) is 0 Å². The summed E-state index contributed by atoms with van der Waals surface area (Å²) in [5, 5.41) is 8.50. The Bertz CT molecular complexity index is 642. The lowest BCUT2D eigenvalue weighted by molar-refractivity contribution is -0.133. The molecule has 0 heterocycles. The van der Waals surface area contributed by atoms with E-state index in [0.29, 0.717) is 22.6 Å². The molecule has 1 aromatic carbocycles. The highest BCUT2D eigenvalue weighted by Gasteiger charge is 2.18. The van der Waals surface area contributed by atoms with Crippen molar-refractivity contribution in [3.05, 3.63) is 22.2 Å².